The maximum atomic E-state index is 14.8. The maximum absolute atomic E-state index is 14.8. The zero-order valence-electron chi connectivity index (χ0n) is 18.0. The Morgan fingerprint density at radius 1 is 1.00 bits per heavy atom. The number of alkyl halides is 2. The topological polar surface area (TPSA) is 95.6 Å². The van der Waals surface area contributed by atoms with Gasteiger partial charge in [-0.1, -0.05) is 12.8 Å². The van der Waals surface area contributed by atoms with Gasteiger partial charge in [-0.25, -0.2) is 23.7 Å². The molecule has 33 heavy (non-hydrogen) atoms. The molecule has 2 aliphatic carbocycles. The van der Waals surface area contributed by atoms with E-state index in [2.05, 4.69) is 30.6 Å². The number of fused-ring (bicyclic) bond motifs is 1. The normalized spacial score (nSPS) is 19.1. The smallest absolute Gasteiger partial charge is 0.248 e. The molecule has 3 aromatic rings. The maximum Gasteiger partial charge on any atom is 0.248 e. The van der Waals surface area contributed by atoms with Gasteiger partial charge in [-0.15, -0.1) is 0 Å². The summed E-state index contributed by atoms with van der Waals surface area (Å²) in [6.45, 7) is 0. The number of carbonyl (C=O) groups excluding carboxylic acids is 1. The molecule has 0 unspecified atom stereocenters. The lowest BCUT2D eigenvalue weighted by molar-refractivity contribution is -0.0361. The fourth-order valence-electron chi connectivity index (χ4n) is 4.74. The van der Waals surface area contributed by atoms with Crippen LogP contribution in [-0.2, 0) is 0 Å². The van der Waals surface area contributed by atoms with Crippen molar-refractivity contribution in [2.24, 2.45) is 0 Å². The van der Waals surface area contributed by atoms with Crippen LogP contribution in [0.2, 0.25) is 0 Å². The Morgan fingerprint density at radius 3 is 2.45 bits per heavy atom. The number of ketones is 1. The lowest BCUT2D eigenvalue weighted by Gasteiger charge is -2.29. The highest BCUT2D eigenvalue weighted by atomic mass is 19.3. The Bertz CT molecular complexity index is 1160. The van der Waals surface area contributed by atoms with Crippen molar-refractivity contribution in [3.05, 3.63) is 41.7 Å². The molecule has 0 bridgehead atoms. The third-order valence-corrected chi connectivity index (χ3v) is 6.57. The molecule has 174 valence electrons. The number of aromatic nitrogens is 4. The SMILES string of the molecule is O=C(c1ccc(NC2CCC(F)(F)CC2)nc1F)c1c[nH]c2ncnc(NC3CCCC3)c12. The van der Waals surface area contributed by atoms with E-state index >= 15 is 0 Å². The van der Waals surface area contributed by atoms with Crippen LogP contribution in [0.4, 0.5) is 24.8 Å². The van der Waals surface area contributed by atoms with Crippen LogP contribution in [0.5, 0.6) is 0 Å². The highest BCUT2D eigenvalue weighted by Gasteiger charge is 2.35. The first-order chi connectivity index (χ1) is 15.9. The lowest BCUT2D eigenvalue weighted by Crippen LogP contribution is -2.32. The van der Waals surface area contributed by atoms with Gasteiger partial charge in [0.1, 0.15) is 23.6 Å². The molecule has 3 N–H and O–H groups in total. The number of aromatic amines is 1. The fraction of sp³-hybridized carbons (Fsp3) is 0.478. The summed E-state index contributed by atoms with van der Waals surface area (Å²) in [5.41, 5.74) is 0.587. The van der Waals surface area contributed by atoms with Gasteiger partial charge in [-0.3, -0.25) is 4.79 Å². The van der Waals surface area contributed by atoms with Crippen LogP contribution in [0.3, 0.4) is 0 Å². The minimum atomic E-state index is -2.64. The van der Waals surface area contributed by atoms with Crippen molar-refractivity contribution in [2.75, 3.05) is 10.6 Å². The van der Waals surface area contributed by atoms with E-state index in [0.717, 1.165) is 25.7 Å². The van der Waals surface area contributed by atoms with Crippen molar-refractivity contribution < 1.29 is 18.0 Å². The third kappa shape index (κ3) is 4.51. The van der Waals surface area contributed by atoms with Crippen molar-refractivity contribution in [3.63, 3.8) is 0 Å². The molecule has 0 radical (unpaired) electrons. The Balaban J connectivity index is 1.37. The zero-order chi connectivity index (χ0) is 23.0. The molecule has 2 fully saturated rings. The van der Waals surface area contributed by atoms with Gasteiger partial charge in [0.25, 0.3) is 0 Å². The van der Waals surface area contributed by atoms with E-state index in [-0.39, 0.29) is 54.7 Å². The van der Waals surface area contributed by atoms with E-state index in [1.54, 1.807) is 0 Å². The average molecular weight is 458 g/mol. The molecular weight excluding hydrogens is 433 g/mol. The summed E-state index contributed by atoms with van der Waals surface area (Å²) in [4.78, 5) is 28.6. The van der Waals surface area contributed by atoms with E-state index in [1.807, 2.05) is 0 Å². The van der Waals surface area contributed by atoms with Crippen LogP contribution < -0.4 is 10.6 Å². The molecule has 0 amide bonds. The quantitative estimate of drug-likeness (QED) is 0.353. The van der Waals surface area contributed by atoms with Crippen LogP contribution in [0, 0.1) is 5.95 Å². The van der Waals surface area contributed by atoms with E-state index in [0.29, 0.717) is 16.9 Å². The van der Waals surface area contributed by atoms with Crippen molar-refractivity contribution >= 4 is 28.5 Å². The summed E-state index contributed by atoms with van der Waals surface area (Å²) in [7, 11) is 0. The molecule has 5 rings (SSSR count). The van der Waals surface area contributed by atoms with Crippen molar-refractivity contribution in [1.29, 1.82) is 0 Å². The second-order valence-electron chi connectivity index (χ2n) is 8.91. The van der Waals surface area contributed by atoms with Crippen molar-refractivity contribution in [1.82, 2.24) is 19.9 Å². The molecule has 2 aliphatic rings. The molecule has 3 heterocycles. The van der Waals surface area contributed by atoms with Crippen LogP contribution >= 0.6 is 0 Å². The first-order valence-corrected chi connectivity index (χ1v) is 11.3. The Labute approximate surface area is 188 Å². The molecule has 0 saturated heterocycles. The standard InChI is InChI=1S/C23H25F3N6O/c24-20-15(5-6-17(32-20)30-14-7-9-23(25,26)10-8-14)19(33)16-11-27-21-18(16)22(29-12-28-21)31-13-3-1-2-4-13/h5-6,11-14H,1-4,7-10H2,(H,30,32)(H2,27,28,29,31). The Hall–Kier alpha value is -3.17. The summed E-state index contributed by atoms with van der Waals surface area (Å²) in [5, 5.41) is 6.93. The molecule has 0 spiro atoms. The number of carbonyl (C=O) groups is 1. The van der Waals surface area contributed by atoms with Gasteiger partial charge in [-0.2, -0.15) is 4.39 Å². The van der Waals surface area contributed by atoms with Crippen LogP contribution in [0.1, 0.15) is 67.3 Å². The number of hydrogen-bond acceptors (Lipinski definition) is 6. The van der Waals surface area contributed by atoms with E-state index in [9.17, 15) is 18.0 Å². The molecule has 0 aliphatic heterocycles. The van der Waals surface area contributed by atoms with E-state index in [1.165, 1.54) is 24.7 Å². The predicted molar refractivity (Wildman–Crippen MR) is 118 cm³/mol. The average Bonchev–Trinajstić information content (AvgIpc) is 3.45. The molecule has 10 heteroatoms. The number of rotatable bonds is 6. The minimum absolute atomic E-state index is 0.174. The summed E-state index contributed by atoms with van der Waals surface area (Å²) in [5.74, 6) is -3.30. The van der Waals surface area contributed by atoms with Gasteiger partial charge in [-0.05, 0) is 37.8 Å². The Kier molecular flexibility index (Phi) is 5.67. The van der Waals surface area contributed by atoms with Gasteiger partial charge in [0, 0.05) is 31.1 Å². The number of nitrogens with one attached hydrogen (secondary N) is 3. The van der Waals surface area contributed by atoms with Gasteiger partial charge < -0.3 is 15.6 Å². The second-order valence-corrected chi connectivity index (χ2v) is 8.91. The molecule has 0 aromatic carbocycles. The number of H-pyrrole nitrogens is 1. The number of anilines is 2. The highest BCUT2D eigenvalue weighted by Crippen LogP contribution is 2.34. The first-order valence-electron chi connectivity index (χ1n) is 11.3. The number of hydrogen-bond donors (Lipinski definition) is 3. The summed E-state index contributed by atoms with van der Waals surface area (Å²) in [6.07, 6.45) is 7.44. The summed E-state index contributed by atoms with van der Waals surface area (Å²) >= 11 is 0. The molecule has 2 saturated carbocycles. The predicted octanol–water partition coefficient (Wildman–Crippen LogP) is 5.07. The third-order valence-electron chi connectivity index (χ3n) is 6.57. The van der Waals surface area contributed by atoms with E-state index < -0.39 is 17.7 Å². The monoisotopic (exact) mass is 458 g/mol. The van der Waals surface area contributed by atoms with Crippen LogP contribution in [0.25, 0.3) is 11.0 Å². The Morgan fingerprint density at radius 2 is 1.73 bits per heavy atom. The van der Waals surface area contributed by atoms with Crippen LogP contribution in [-0.4, -0.2) is 43.7 Å². The van der Waals surface area contributed by atoms with Gasteiger partial charge in [0.2, 0.25) is 11.9 Å². The molecule has 7 nitrogen and oxygen atoms in total. The molecular formula is C23H25F3N6O. The number of nitrogens with zero attached hydrogens (tertiary/aromatic N) is 3. The largest absolute Gasteiger partial charge is 0.367 e. The minimum Gasteiger partial charge on any atom is -0.367 e. The fourth-order valence-corrected chi connectivity index (χ4v) is 4.74. The van der Waals surface area contributed by atoms with Gasteiger partial charge in [0.15, 0.2) is 5.78 Å². The molecule has 3 aromatic heterocycles. The molecule has 0 atom stereocenters. The summed E-state index contributed by atoms with van der Waals surface area (Å²) < 4.78 is 41.6. The van der Waals surface area contributed by atoms with Gasteiger partial charge in [0.05, 0.1) is 16.5 Å². The number of pyridine rings is 1. The highest BCUT2D eigenvalue weighted by molar-refractivity contribution is 6.18. The lowest BCUT2D eigenvalue weighted by atomic mass is 9.92. The van der Waals surface area contributed by atoms with Crippen LogP contribution in [0.15, 0.2) is 24.7 Å². The van der Waals surface area contributed by atoms with Crippen molar-refractivity contribution in [2.45, 2.75) is 69.4 Å². The summed E-state index contributed by atoms with van der Waals surface area (Å²) in [6, 6.07) is 2.96. The zero-order valence-corrected chi connectivity index (χ0v) is 18.0. The van der Waals surface area contributed by atoms with E-state index in [4.69, 9.17) is 0 Å². The second kappa shape index (κ2) is 8.64. The van der Waals surface area contributed by atoms with Gasteiger partial charge >= 0.3 is 0 Å². The van der Waals surface area contributed by atoms with Crippen molar-refractivity contribution in [3.8, 4) is 0 Å². The first kappa shape index (κ1) is 21.7. The number of halogens is 3.